The Labute approximate surface area is 95.5 Å². The first-order valence-electron chi connectivity index (χ1n) is 5.33. The summed E-state index contributed by atoms with van der Waals surface area (Å²) in [6, 6.07) is 6.57. The molecule has 88 valence electrons. The Bertz CT molecular complexity index is 364. The minimum absolute atomic E-state index is 0.0779. The molecule has 0 aliphatic carbocycles. The maximum atomic E-state index is 11.5. The Kier molecular flexibility index (Phi) is 4.31. The highest BCUT2D eigenvalue weighted by Crippen LogP contribution is 2.17. The Balaban J connectivity index is 2.58. The van der Waals surface area contributed by atoms with Crippen molar-refractivity contribution in [3.05, 3.63) is 29.8 Å². The fourth-order valence-electron chi connectivity index (χ4n) is 1.47. The van der Waals surface area contributed by atoms with Crippen molar-refractivity contribution in [1.82, 2.24) is 5.32 Å². The largest absolute Gasteiger partial charge is 0.508 e. The molecule has 4 heteroatoms. The molecule has 4 nitrogen and oxygen atoms in total. The quantitative estimate of drug-likeness (QED) is 0.719. The minimum atomic E-state index is -0.142. The number of phenols is 1. The smallest absolute Gasteiger partial charge is 0.222 e. The zero-order valence-electron chi connectivity index (χ0n) is 9.60. The maximum absolute atomic E-state index is 11.5. The van der Waals surface area contributed by atoms with E-state index in [9.17, 15) is 9.90 Å². The van der Waals surface area contributed by atoms with Gasteiger partial charge in [0.1, 0.15) is 5.75 Å². The van der Waals surface area contributed by atoms with Crippen LogP contribution in [-0.2, 0) is 4.79 Å². The van der Waals surface area contributed by atoms with Crippen LogP contribution in [-0.4, -0.2) is 17.1 Å². The van der Waals surface area contributed by atoms with E-state index < -0.39 is 0 Å². The van der Waals surface area contributed by atoms with Gasteiger partial charge in [-0.2, -0.15) is 0 Å². The summed E-state index contributed by atoms with van der Waals surface area (Å²) in [4.78, 5) is 11.5. The summed E-state index contributed by atoms with van der Waals surface area (Å²) in [6.45, 7) is 3.66. The van der Waals surface area contributed by atoms with Gasteiger partial charge in [-0.1, -0.05) is 12.1 Å². The number of nitrogens with one attached hydrogen (secondary N) is 1. The van der Waals surface area contributed by atoms with E-state index in [-0.39, 0.29) is 23.7 Å². The monoisotopic (exact) mass is 222 g/mol. The highest BCUT2D eigenvalue weighted by atomic mass is 16.3. The topological polar surface area (TPSA) is 75.4 Å². The van der Waals surface area contributed by atoms with Gasteiger partial charge < -0.3 is 16.2 Å². The Morgan fingerprint density at radius 3 is 2.75 bits per heavy atom. The maximum Gasteiger partial charge on any atom is 0.222 e. The number of amides is 1. The normalized spacial score (nSPS) is 14.2. The molecule has 0 fully saturated rings. The van der Waals surface area contributed by atoms with Crippen LogP contribution in [0.15, 0.2) is 24.3 Å². The second kappa shape index (κ2) is 5.51. The van der Waals surface area contributed by atoms with Crippen LogP contribution in [0.5, 0.6) is 5.75 Å². The van der Waals surface area contributed by atoms with Crippen molar-refractivity contribution >= 4 is 5.91 Å². The minimum Gasteiger partial charge on any atom is -0.508 e. The average molecular weight is 222 g/mol. The molecule has 0 aliphatic rings. The van der Waals surface area contributed by atoms with Crippen molar-refractivity contribution in [1.29, 1.82) is 0 Å². The van der Waals surface area contributed by atoms with E-state index in [1.165, 1.54) is 0 Å². The van der Waals surface area contributed by atoms with Crippen LogP contribution in [0, 0.1) is 0 Å². The molecule has 0 saturated heterocycles. The molecule has 0 heterocycles. The molecule has 2 unspecified atom stereocenters. The standard InChI is InChI=1S/C12H18N2O2/c1-8(13)6-12(16)14-9(2)10-4-3-5-11(15)7-10/h3-5,7-9,15H,6,13H2,1-2H3,(H,14,16). The lowest BCUT2D eigenvalue weighted by molar-refractivity contribution is -0.122. The first-order valence-corrected chi connectivity index (χ1v) is 5.33. The predicted octanol–water partition coefficient (Wildman–Crippen LogP) is 1.31. The lowest BCUT2D eigenvalue weighted by Crippen LogP contribution is -2.31. The summed E-state index contributed by atoms with van der Waals surface area (Å²) < 4.78 is 0. The summed E-state index contributed by atoms with van der Waals surface area (Å²) in [5.41, 5.74) is 6.40. The van der Waals surface area contributed by atoms with E-state index in [1.54, 1.807) is 25.1 Å². The lowest BCUT2D eigenvalue weighted by Gasteiger charge is -2.15. The number of nitrogens with two attached hydrogens (primary N) is 1. The van der Waals surface area contributed by atoms with E-state index in [0.717, 1.165) is 5.56 Å². The van der Waals surface area contributed by atoms with Crippen molar-refractivity contribution in [3.63, 3.8) is 0 Å². The van der Waals surface area contributed by atoms with E-state index in [0.29, 0.717) is 6.42 Å². The lowest BCUT2D eigenvalue weighted by atomic mass is 10.1. The fourth-order valence-corrected chi connectivity index (χ4v) is 1.47. The second-order valence-corrected chi connectivity index (χ2v) is 4.07. The van der Waals surface area contributed by atoms with Gasteiger partial charge in [-0.15, -0.1) is 0 Å². The molecule has 0 saturated carbocycles. The van der Waals surface area contributed by atoms with Crippen molar-refractivity contribution in [2.75, 3.05) is 0 Å². The number of carbonyl (C=O) groups is 1. The third kappa shape index (κ3) is 3.90. The van der Waals surface area contributed by atoms with Crippen LogP contribution in [0.4, 0.5) is 0 Å². The van der Waals surface area contributed by atoms with Crippen LogP contribution in [0.2, 0.25) is 0 Å². The predicted molar refractivity (Wildman–Crippen MR) is 62.9 cm³/mol. The number of rotatable bonds is 4. The van der Waals surface area contributed by atoms with Crippen molar-refractivity contribution in [2.24, 2.45) is 5.73 Å². The molecule has 0 bridgehead atoms. The number of benzene rings is 1. The van der Waals surface area contributed by atoms with Crippen molar-refractivity contribution in [2.45, 2.75) is 32.4 Å². The summed E-state index contributed by atoms with van der Waals surface area (Å²) >= 11 is 0. The van der Waals surface area contributed by atoms with Gasteiger partial charge in [-0.3, -0.25) is 4.79 Å². The highest BCUT2D eigenvalue weighted by molar-refractivity contribution is 5.77. The number of aromatic hydroxyl groups is 1. The van der Waals surface area contributed by atoms with Crippen LogP contribution in [0.25, 0.3) is 0 Å². The molecular weight excluding hydrogens is 204 g/mol. The number of carbonyl (C=O) groups excluding carboxylic acids is 1. The van der Waals surface area contributed by atoms with Gasteiger partial charge in [0.25, 0.3) is 0 Å². The van der Waals surface area contributed by atoms with Gasteiger partial charge in [0.15, 0.2) is 0 Å². The Morgan fingerprint density at radius 2 is 2.19 bits per heavy atom. The van der Waals surface area contributed by atoms with Gasteiger partial charge in [-0.05, 0) is 31.5 Å². The number of phenolic OH excluding ortho intramolecular Hbond substituents is 1. The van der Waals surface area contributed by atoms with Gasteiger partial charge in [0.05, 0.1) is 6.04 Å². The van der Waals surface area contributed by atoms with E-state index in [2.05, 4.69) is 5.32 Å². The summed E-state index contributed by atoms with van der Waals surface area (Å²) in [7, 11) is 0. The molecule has 2 atom stereocenters. The molecule has 16 heavy (non-hydrogen) atoms. The van der Waals surface area contributed by atoms with Gasteiger partial charge in [0, 0.05) is 12.5 Å². The Morgan fingerprint density at radius 1 is 1.50 bits per heavy atom. The van der Waals surface area contributed by atoms with Crippen LogP contribution in [0.1, 0.15) is 31.9 Å². The zero-order chi connectivity index (χ0) is 12.1. The summed E-state index contributed by atoms with van der Waals surface area (Å²) in [5.74, 6) is 0.122. The zero-order valence-corrected chi connectivity index (χ0v) is 9.60. The molecular formula is C12H18N2O2. The molecule has 1 amide bonds. The van der Waals surface area contributed by atoms with E-state index >= 15 is 0 Å². The SMILES string of the molecule is CC(N)CC(=O)NC(C)c1cccc(O)c1. The van der Waals surface area contributed by atoms with Crippen LogP contribution < -0.4 is 11.1 Å². The molecule has 0 spiro atoms. The third-order valence-corrected chi connectivity index (χ3v) is 2.26. The van der Waals surface area contributed by atoms with Crippen LogP contribution >= 0.6 is 0 Å². The number of hydrogen-bond acceptors (Lipinski definition) is 3. The number of hydrogen-bond donors (Lipinski definition) is 3. The summed E-state index contributed by atoms with van der Waals surface area (Å²) in [5, 5.41) is 12.1. The molecule has 0 aromatic heterocycles. The van der Waals surface area contributed by atoms with Crippen molar-refractivity contribution < 1.29 is 9.90 Å². The van der Waals surface area contributed by atoms with Gasteiger partial charge >= 0.3 is 0 Å². The third-order valence-electron chi connectivity index (χ3n) is 2.26. The first kappa shape index (κ1) is 12.5. The van der Waals surface area contributed by atoms with Crippen LogP contribution in [0.3, 0.4) is 0 Å². The fraction of sp³-hybridized carbons (Fsp3) is 0.417. The average Bonchev–Trinajstić information content (AvgIpc) is 2.16. The summed E-state index contributed by atoms with van der Waals surface area (Å²) in [6.07, 6.45) is 0.309. The van der Waals surface area contributed by atoms with E-state index in [1.807, 2.05) is 13.0 Å². The molecule has 0 radical (unpaired) electrons. The second-order valence-electron chi connectivity index (χ2n) is 4.07. The molecule has 1 aromatic carbocycles. The van der Waals surface area contributed by atoms with E-state index in [4.69, 9.17) is 5.73 Å². The van der Waals surface area contributed by atoms with Gasteiger partial charge in [0.2, 0.25) is 5.91 Å². The molecule has 0 aliphatic heterocycles. The Hall–Kier alpha value is -1.55. The highest BCUT2D eigenvalue weighted by Gasteiger charge is 2.11. The molecule has 1 rings (SSSR count). The molecule has 4 N–H and O–H groups in total. The molecule has 1 aromatic rings. The van der Waals surface area contributed by atoms with Crippen molar-refractivity contribution in [3.8, 4) is 5.75 Å². The van der Waals surface area contributed by atoms with Gasteiger partial charge in [-0.25, -0.2) is 0 Å². The first-order chi connectivity index (χ1) is 7.49.